The molecule has 96 heavy (non-hydrogen) atoms. The first-order valence-corrected chi connectivity index (χ1v) is 36.0. The van der Waals surface area contributed by atoms with E-state index in [0.29, 0.717) is 18.6 Å². The molecule has 0 unspecified atom stereocenters. The number of allylic oxidation sites excluding steroid dienone is 2. The van der Waals surface area contributed by atoms with Gasteiger partial charge in [-0.25, -0.2) is 0 Å². The van der Waals surface area contributed by atoms with Gasteiger partial charge in [-0.3, -0.25) is 52.7 Å². The number of likely N-dealkylation sites (tertiary alicyclic amines) is 1. The van der Waals surface area contributed by atoms with Gasteiger partial charge in [0.15, 0.2) is 5.37 Å². The van der Waals surface area contributed by atoms with E-state index in [2.05, 4.69) is 26.2 Å². The van der Waals surface area contributed by atoms with Crippen molar-refractivity contribution < 1.29 is 62.6 Å². The quantitative estimate of drug-likeness (QED) is 0.0740. The highest BCUT2D eigenvalue weighted by Gasteiger charge is 2.46. The molecule has 0 saturated carbocycles. The summed E-state index contributed by atoms with van der Waals surface area (Å²) in [7, 11) is 10.0. The standard InChI is InChI=1S/C70H126N12O13S/c1-25-27-31-47(15)58(83)57-62(87)73-50(26-2)64(89)81(24)70(96-35-30-34-82-32-28-29-33-82)69(94)78(21)54(40-95-39-44(9)10)61(86)74-55(45(11)12)67(92)75(18)51(36-41(3)4)60(85)71-48(16)59(84)72-49(17)63(88)76(19)52(37-42(5)6)65(90)77(20)53(38-43(7)8)66(91)79(22)56(46(13)14)68(93)80(57)23/h25,27,41-58,70,83H,26,28-40H2,1-24H3,(H,71,85)(H,72,84)(H,73,87)(H,74,86)/b27-25+/t47-,48+,49-,50+,51+,52+,53+,54+,55+,56+,57+,58-,70-/m1/s1. The van der Waals surface area contributed by atoms with Crippen LogP contribution in [0.25, 0.3) is 0 Å². The van der Waals surface area contributed by atoms with Crippen LogP contribution >= 0.6 is 11.8 Å². The molecule has 11 amide bonds. The zero-order valence-electron chi connectivity index (χ0n) is 62.9. The molecule has 0 aromatic carbocycles. The summed E-state index contributed by atoms with van der Waals surface area (Å²) in [6.45, 7) is 32.6. The number of carbonyl (C=O) groups is 11. The molecule has 0 spiro atoms. The molecule has 25 nitrogen and oxygen atoms in total. The number of amides is 11. The Hall–Kier alpha value is -5.86. The second kappa shape index (κ2) is 40.9. The zero-order chi connectivity index (χ0) is 73.5. The molecule has 2 rings (SSSR count). The fraction of sp³-hybridized carbons (Fsp3) is 0.814. The van der Waals surface area contributed by atoms with Gasteiger partial charge in [0.2, 0.25) is 59.1 Å². The van der Waals surface area contributed by atoms with Gasteiger partial charge < -0.3 is 70.3 Å². The molecule has 0 bridgehead atoms. The number of nitrogens with zero attached hydrogens (tertiary/aromatic N) is 8. The lowest BCUT2D eigenvalue weighted by Gasteiger charge is -2.41. The summed E-state index contributed by atoms with van der Waals surface area (Å²) in [5, 5.41) is 22.2. The summed E-state index contributed by atoms with van der Waals surface area (Å²) in [4.78, 5) is 176. The van der Waals surface area contributed by atoms with Crippen LogP contribution in [0.5, 0.6) is 0 Å². The maximum Gasteiger partial charge on any atom is 0.256 e. The lowest BCUT2D eigenvalue weighted by molar-refractivity contribution is -0.157. The smallest absolute Gasteiger partial charge is 0.256 e. The Morgan fingerprint density at radius 3 is 1.49 bits per heavy atom. The van der Waals surface area contributed by atoms with E-state index < -0.39 is 155 Å². The van der Waals surface area contributed by atoms with Gasteiger partial charge in [0.05, 0.1) is 12.7 Å². The van der Waals surface area contributed by atoms with Gasteiger partial charge in [-0.15, -0.1) is 11.8 Å². The summed E-state index contributed by atoms with van der Waals surface area (Å²) in [6.07, 6.45) is 5.60. The van der Waals surface area contributed by atoms with Crippen LogP contribution in [0, 0.1) is 41.4 Å². The Labute approximate surface area is 579 Å². The number of hydrogen-bond acceptors (Lipinski definition) is 15. The zero-order valence-corrected chi connectivity index (χ0v) is 63.7. The molecular formula is C70H126N12O13S. The van der Waals surface area contributed by atoms with E-state index in [1.165, 1.54) is 104 Å². The van der Waals surface area contributed by atoms with E-state index in [1.54, 1.807) is 47.6 Å². The molecule has 13 atom stereocenters. The molecule has 2 aliphatic rings. The molecule has 2 saturated heterocycles. The predicted octanol–water partition coefficient (Wildman–Crippen LogP) is 4.44. The first-order chi connectivity index (χ1) is 44.7. The van der Waals surface area contributed by atoms with Crippen LogP contribution in [0.3, 0.4) is 0 Å². The summed E-state index contributed by atoms with van der Waals surface area (Å²) >= 11 is 1.19. The van der Waals surface area contributed by atoms with Crippen molar-refractivity contribution in [2.75, 3.05) is 87.9 Å². The van der Waals surface area contributed by atoms with Gasteiger partial charge in [-0.05, 0) is 139 Å². The minimum absolute atomic E-state index is 0.00288. The van der Waals surface area contributed by atoms with Crippen LogP contribution < -0.4 is 21.3 Å². The van der Waals surface area contributed by atoms with Crippen LogP contribution in [-0.2, 0) is 57.5 Å². The van der Waals surface area contributed by atoms with E-state index in [4.69, 9.17) is 4.74 Å². The summed E-state index contributed by atoms with van der Waals surface area (Å²) in [6, 6.07) is -12.8. The fourth-order valence-corrected chi connectivity index (χ4v) is 13.4. The van der Waals surface area contributed by atoms with Crippen LogP contribution in [0.4, 0.5) is 0 Å². The van der Waals surface area contributed by atoms with E-state index in [-0.39, 0.29) is 62.6 Å². The molecule has 550 valence electrons. The maximum atomic E-state index is 15.4. The van der Waals surface area contributed by atoms with Crippen molar-refractivity contribution in [1.29, 1.82) is 0 Å². The molecule has 0 aromatic heterocycles. The Kier molecular flexibility index (Phi) is 36.7. The van der Waals surface area contributed by atoms with Gasteiger partial charge in [-0.2, -0.15) is 0 Å². The summed E-state index contributed by atoms with van der Waals surface area (Å²) in [5.74, 6) is -9.47. The molecular weight excluding hydrogens is 1250 g/mol. The Bertz CT molecular complexity index is 2600. The second-order valence-electron chi connectivity index (χ2n) is 29.2. The molecule has 0 aromatic rings. The molecule has 0 radical (unpaired) electrons. The van der Waals surface area contributed by atoms with Gasteiger partial charge in [0.25, 0.3) is 5.91 Å². The Morgan fingerprint density at radius 1 is 0.510 bits per heavy atom. The molecule has 2 heterocycles. The van der Waals surface area contributed by atoms with Gasteiger partial charge in [0.1, 0.15) is 60.4 Å². The lowest BCUT2D eigenvalue weighted by Crippen LogP contribution is -2.64. The fourth-order valence-electron chi connectivity index (χ4n) is 12.3. The monoisotopic (exact) mass is 1370 g/mol. The van der Waals surface area contributed by atoms with Gasteiger partial charge in [-0.1, -0.05) is 109 Å². The van der Waals surface area contributed by atoms with Crippen molar-refractivity contribution >= 4 is 76.7 Å². The highest BCUT2D eigenvalue weighted by atomic mass is 32.2. The molecule has 26 heteroatoms. The van der Waals surface area contributed by atoms with Crippen molar-refractivity contribution in [3.63, 3.8) is 0 Å². The second-order valence-corrected chi connectivity index (χ2v) is 30.4. The lowest BCUT2D eigenvalue weighted by atomic mass is 9.91. The van der Waals surface area contributed by atoms with Crippen LogP contribution in [0.1, 0.15) is 169 Å². The number of carbonyl (C=O) groups excluding carboxylic acids is 11. The number of aliphatic hydroxyl groups excluding tert-OH is 1. The van der Waals surface area contributed by atoms with Gasteiger partial charge in [0, 0.05) is 55.9 Å². The molecule has 0 aliphatic carbocycles. The number of likely N-dealkylation sites (N-methyl/N-ethyl adjacent to an activating group) is 7. The van der Waals surface area contributed by atoms with Crippen molar-refractivity contribution in [3.05, 3.63) is 12.2 Å². The third-order valence-electron chi connectivity index (χ3n) is 18.3. The SMILES string of the molecule is C/C=C/C[C@@H](C)[C@@H](O)[C@H]1C(=O)N[C@@H](CC)C(=O)N(C)[C@H](SCCCN2CCCC2)C(=O)N(C)[C@@H](COCC(C)C)C(=O)N[C@@H](C(C)C)C(=O)N(C)[C@@H](CC(C)C)C(=O)N[C@@H](C)C(=O)N[C@H](C)C(=O)N(C)[C@@H](CC(C)C)C(=O)N(C)[C@@H](CC(C)C)C(=O)N(C)[C@@H](C(C)C)C(=O)N1C. The number of nitrogens with one attached hydrogen (secondary N) is 4. The minimum atomic E-state index is -1.64. The maximum absolute atomic E-state index is 15.4. The molecule has 5 N–H and O–H groups in total. The Balaban J connectivity index is 3.11. The molecule has 2 fully saturated rings. The molecule has 2 aliphatic heterocycles. The summed E-state index contributed by atoms with van der Waals surface area (Å²) in [5.41, 5.74) is 0. The van der Waals surface area contributed by atoms with Crippen molar-refractivity contribution in [2.45, 2.75) is 241 Å². The van der Waals surface area contributed by atoms with Crippen LogP contribution in [0.15, 0.2) is 12.2 Å². The highest BCUT2D eigenvalue weighted by Crippen LogP contribution is 2.27. The highest BCUT2D eigenvalue weighted by molar-refractivity contribution is 8.00. The van der Waals surface area contributed by atoms with Crippen LogP contribution in [-0.4, -0.2) is 269 Å². The van der Waals surface area contributed by atoms with Crippen molar-refractivity contribution in [2.24, 2.45) is 41.4 Å². The third-order valence-corrected chi connectivity index (χ3v) is 19.7. The minimum Gasteiger partial charge on any atom is -0.390 e. The van der Waals surface area contributed by atoms with E-state index in [1.807, 2.05) is 68.4 Å². The first-order valence-electron chi connectivity index (χ1n) is 35.0. The first kappa shape index (κ1) is 86.2. The number of thioether (sulfide) groups is 1. The predicted molar refractivity (Wildman–Crippen MR) is 376 cm³/mol. The van der Waals surface area contributed by atoms with Crippen LogP contribution in [0.2, 0.25) is 0 Å². The Morgan fingerprint density at radius 2 is 0.990 bits per heavy atom. The number of hydrogen-bond donors (Lipinski definition) is 5. The average Bonchev–Trinajstić information content (AvgIpc) is 0.927. The van der Waals surface area contributed by atoms with E-state index in [0.717, 1.165) is 37.4 Å². The van der Waals surface area contributed by atoms with E-state index in [9.17, 15) is 24.3 Å². The number of aliphatic hydroxyl groups is 1. The topological polar surface area (TPSA) is 291 Å². The number of rotatable bonds is 22. The normalized spacial score (nSPS) is 27.0. The van der Waals surface area contributed by atoms with Crippen molar-refractivity contribution in [3.8, 4) is 0 Å². The summed E-state index contributed by atoms with van der Waals surface area (Å²) < 4.78 is 6.10. The average molecular weight is 1380 g/mol. The van der Waals surface area contributed by atoms with Crippen molar-refractivity contribution in [1.82, 2.24) is 60.5 Å². The largest absolute Gasteiger partial charge is 0.390 e. The van der Waals surface area contributed by atoms with Gasteiger partial charge >= 0.3 is 0 Å². The third kappa shape index (κ3) is 24.8. The van der Waals surface area contributed by atoms with E-state index >= 15 is 33.6 Å². The number of ether oxygens (including phenoxy) is 1.